The van der Waals surface area contributed by atoms with Crippen molar-refractivity contribution in [2.24, 2.45) is 5.92 Å². The SMILES string of the molecule is O=C1CC(CBr)CN1c1cnc(-c2ccccc2)cn1. The Balaban J connectivity index is 1.82. The maximum Gasteiger partial charge on any atom is 0.228 e. The summed E-state index contributed by atoms with van der Waals surface area (Å²) in [4.78, 5) is 22.4. The first kappa shape index (κ1) is 13.2. The second kappa shape index (κ2) is 5.71. The van der Waals surface area contributed by atoms with Crippen LogP contribution in [0.5, 0.6) is 0 Å². The summed E-state index contributed by atoms with van der Waals surface area (Å²) in [6, 6.07) is 9.89. The molecule has 1 aromatic heterocycles. The molecule has 1 unspecified atom stereocenters. The van der Waals surface area contributed by atoms with Crippen molar-refractivity contribution in [2.45, 2.75) is 6.42 Å². The minimum Gasteiger partial charge on any atom is -0.295 e. The minimum absolute atomic E-state index is 0.121. The van der Waals surface area contributed by atoms with Gasteiger partial charge in [0.05, 0.1) is 18.1 Å². The smallest absolute Gasteiger partial charge is 0.228 e. The number of amides is 1. The van der Waals surface area contributed by atoms with Crippen LogP contribution in [-0.4, -0.2) is 27.7 Å². The Kier molecular flexibility index (Phi) is 3.78. The van der Waals surface area contributed by atoms with Gasteiger partial charge in [-0.2, -0.15) is 0 Å². The molecule has 3 rings (SSSR count). The maximum absolute atomic E-state index is 11.9. The number of carbonyl (C=O) groups excluding carboxylic acids is 1. The number of halogens is 1. The number of carbonyl (C=O) groups is 1. The Labute approximate surface area is 126 Å². The van der Waals surface area contributed by atoms with Crippen LogP contribution in [0, 0.1) is 5.92 Å². The largest absolute Gasteiger partial charge is 0.295 e. The summed E-state index contributed by atoms with van der Waals surface area (Å²) in [5.74, 6) is 1.12. The number of benzene rings is 1. The monoisotopic (exact) mass is 331 g/mol. The first-order valence-electron chi connectivity index (χ1n) is 6.51. The number of rotatable bonds is 3. The lowest BCUT2D eigenvalue weighted by Crippen LogP contribution is -2.25. The van der Waals surface area contributed by atoms with E-state index >= 15 is 0 Å². The third-order valence-corrected chi connectivity index (χ3v) is 4.32. The predicted octanol–water partition coefficient (Wildman–Crippen LogP) is 2.89. The molecule has 0 N–H and O–H groups in total. The van der Waals surface area contributed by atoms with E-state index in [1.165, 1.54) is 0 Å². The number of hydrogen-bond donors (Lipinski definition) is 0. The van der Waals surface area contributed by atoms with Gasteiger partial charge in [-0.15, -0.1) is 0 Å². The van der Waals surface area contributed by atoms with Crippen molar-refractivity contribution >= 4 is 27.7 Å². The second-order valence-corrected chi connectivity index (χ2v) is 5.50. The van der Waals surface area contributed by atoms with Crippen molar-refractivity contribution in [1.29, 1.82) is 0 Å². The molecule has 1 saturated heterocycles. The van der Waals surface area contributed by atoms with E-state index in [0.29, 0.717) is 24.7 Å². The van der Waals surface area contributed by atoms with Crippen LogP contribution in [0.4, 0.5) is 5.82 Å². The standard InChI is InChI=1S/C15H14BrN3O/c16-7-11-6-15(20)19(10-11)14-9-17-13(8-18-14)12-4-2-1-3-5-12/h1-5,8-9,11H,6-7,10H2. The van der Waals surface area contributed by atoms with Crippen LogP contribution in [0.2, 0.25) is 0 Å². The number of hydrogen-bond acceptors (Lipinski definition) is 3. The molecular weight excluding hydrogens is 318 g/mol. The Morgan fingerprint density at radius 2 is 2.00 bits per heavy atom. The molecule has 1 aromatic carbocycles. The maximum atomic E-state index is 11.9. The highest BCUT2D eigenvalue weighted by Gasteiger charge is 2.30. The third-order valence-electron chi connectivity index (χ3n) is 3.41. The molecular formula is C15H14BrN3O. The molecule has 0 bridgehead atoms. The Hall–Kier alpha value is -1.75. The van der Waals surface area contributed by atoms with Crippen LogP contribution in [0.25, 0.3) is 11.3 Å². The lowest BCUT2D eigenvalue weighted by molar-refractivity contribution is -0.117. The van der Waals surface area contributed by atoms with E-state index in [1.807, 2.05) is 30.3 Å². The highest BCUT2D eigenvalue weighted by Crippen LogP contribution is 2.25. The van der Waals surface area contributed by atoms with Crippen molar-refractivity contribution in [3.8, 4) is 11.3 Å². The van der Waals surface area contributed by atoms with Crippen LogP contribution in [0.3, 0.4) is 0 Å². The molecule has 0 radical (unpaired) electrons. The van der Waals surface area contributed by atoms with Crippen molar-refractivity contribution in [3.05, 3.63) is 42.7 Å². The molecule has 0 spiro atoms. The summed E-state index contributed by atoms with van der Waals surface area (Å²) in [6.45, 7) is 0.712. The third kappa shape index (κ3) is 2.58. The Morgan fingerprint density at radius 3 is 2.60 bits per heavy atom. The molecule has 1 fully saturated rings. The zero-order valence-corrected chi connectivity index (χ0v) is 12.5. The van der Waals surface area contributed by atoms with Crippen LogP contribution < -0.4 is 4.90 Å². The fraction of sp³-hybridized carbons (Fsp3) is 0.267. The van der Waals surface area contributed by atoms with Crippen LogP contribution in [0.1, 0.15) is 6.42 Å². The number of aromatic nitrogens is 2. The first-order valence-corrected chi connectivity index (χ1v) is 7.64. The normalized spacial score (nSPS) is 18.6. The highest BCUT2D eigenvalue weighted by molar-refractivity contribution is 9.09. The zero-order valence-electron chi connectivity index (χ0n) is 10.9. The molecule has 20 heavy (non-hydrogen) atoms. The molecule has 1 amide bonds. The lowest BCUT2D eigenvalue weighted by atomic mass is 10.2. The van der Waals surface area contributed by atoms with E-state index in [0.717, 1.165) is 16.6 Å². The quantitative estimate of drug-likeness (QED) is 0.812. The van der Waals surface area contributed by atoms with Gasteiger partial charge in [0.1, 0.15) is 0 Å². The van der Waals surface area contributed by atoms with Crippen LogP contribution in [-0.2, 0) is 4.79 Å². The average molecular weight is 332 g/mol. The fourth-order valence-corrected chi connectivity index (χ4v) is 2.76. The van der Waals surface area contributed by atoms with Gasteiger partial charge in [0, 0.05) is 23.9 Å². The average Bonchev–Trinajstić information content (AvgIpc) is 2.89. The van der Waals surface area contributed by atoms with E-state index in [9.17, 15) is 4.79 Å². The predicted molar refractivity (Wildman–Crippen MR) is 81.7 cm³/mol. The van der Waals surface area contributed by atoms with Gasteiger partial charge in [0.15, 0.2) is 5.82 Å². The van der Waals surface area contributed by atoms with E-state index in [2.05, 4.69) is 25.9 Å². The van der Waals surface area contributed by atoms with Crippen molar-refractivity contribution in [2.75, 3.05) is 16.8 Å². The van der Waals surface area contributed by atoms with Gasteiger partial charge in [-0.3, -0.25) is 14.7 Å². The number of alkyl halides is 1. The highest BCUT2D eigenvalue weighted by atomic mass is 79.9. The van der Waals surface area contributed by atoms with Gasteiger partial charge in [0.25, 0.3) is 0 Å². The summed E-state index contributed by atoms with van der Waals surface area (Å²) in [7, 11) is 0. The van der Waals surface area contributed by atoms with Gasteiger partial charge in [-0.25, -0.2) is 4.98 Å². The van der Waals surface area contributed by atoms with E-state index in [1.54, 1.807) is 17.3 Å². The van der Waals surface area contributed by atoms with Crippen LogP contribution in [0.15, 0.2) is 42.7 Å². The molecule has 4 nitrogen and oxygen atoms in total. The lowest BCUT2D eigenvalue weighted by Gasteiger charge is -2.14. The molecule has 1 aliphatic rings. The summed E-state index contributed by atoms with van der Waals surface area (Å²) in [5.41, 5.74) is 1.84. The van der Waals surface area contributed by atoms with E-state index in [-0.39, 0.29) is 5.91 Å². The molecule has 0 aliphatic carbocycles. The number of anilines is 1. The van der Waals surface area contributed by atoms with E-state index in [4.69, 9.17) is 0 Å². The molecule has 5 heteroatoms. The molecule has 1 aliphatic heterocycles. The summed E-state index contributed by atoms with van der Waals surface area (Å²) < 4.78 is 0. The van der Waals surface area contributed by atoms with Crippen molar-refractivity contribution < 1.29 is 4.79 Å². The molecule has 102 valence electrons. The molecule has 2 heterocycles. The van der Waals surface area contributed by atoms with Gasteiger partial charge >= 0.3 is 0 Å². The molecule has 0 saturated carbocycles. The van der Waals surface area contributed by atoms with Gasteiger partial charge in [-0.05, 0) is 5.92 Å². The number of nitrogens with zero attached hydrogens (tertiary/aromatic N) is 3. The first-order chi connectivity index (χ1) is 9.78. The Morgan fingerprint density at radius 1 is 1.20 bits per heavy atom. The molecule has 1 atom stereocenters. The minimum atomic E-state index is 0.121. The summed E-state index contributed by atoms with van der Waals surface area (Å²) in [5, 5.41) is 0.838. The fourth-order valence-electron chi connectivity index (χ4n) is 2.32. The van der Waals surface area contributed by atoms with Gasteiger partial charge in [0.2, 0.25) is 5.91 Å². The topological polar surface area (TPSA) is 46.1 Å². The van der Waals surface area contributed by atoms with Crippen molar-refractivity contribution in [1.82, 2.24) is 9.97 Å². The van der Waals surface area contributed by atoms with E-state index < -0.39 is 0 Å². The van der Waals surface area contributed by atoms with Crippen molar-refractivity contribution in [3.63, 3.8) is 0 Å². The zero-order chi connectivity index (χ0) is 13.9. The van der Waals surface area contributed by atoms with Crippen LogP contribution >= 0.6 is 15.9 Å². The molecule has 2 aromatic rings. The van der Waals surface area contributed by atoms with Gasteiger partial charge < -0.3 is 0 Å². The Bertz CT molecular complexity index is 600. The summed E-state index contributed by atoms with van der Waals surface area (Å²) >= 11 is 3.43. The second-order valence-electron chi connectivity index (χ2n) is 4.85. The summed E-state index contributed by atoms with van der Waals surface area (Å²) in [6.07, 6.45) is 3.98. The van der Waals surface area contributed by atoms with Gasteiger partial charge in [-0.1, -0.05) is 46.3 Å².